The largest absolute Gasteiger partial charge is 0.478 e. The number of carboxylic acids is 1. The van der Waals surface area contributed by atoms with E-state index in [0.29, 0.717) is 16.2 Å². The Kier molecular flexibility index (Phi) is 2.55. The van der Waals surface area contributed by atoms with E-state index in [1.165, 1.54) is 22.6 Å². The van der Waals surface area contributed by atoms with Gasteiger partial charge in [-0.1, -0.05) is 23.2 Å². The molecule has 1 aromatic carbocycles. The van der Waals surface area contributed by atoms with Gasteiger partial charge >= 0.3 is 5.97 Å². The first-order chi connectivity index (χ1) is 8.99. The number of H-pyrrole nitrogens is 1. The molecule has 2 N–H and O–H groups in total. The second-order valence-electron chi connectivity index (χ2n) is 3.99. The zero-order valence-corrected chi connectivity index (χ0v) is 10.8. The number of hydrogen-bond donors (Lipinski definition) is 2. The maximum atomic E-state index is 11.9. The molecule has 0 aliphatic heterocycles. The number of nitrogens with one attached hydrogen (secondary N) is 1. The van der Waals surface area contributed by atoms with Crippen molar-refractivity contribution in [2.24, 2.45) is 0 Å². The number of hydrogen-bond acceptors (Lipinski definition) is 2. The van der Waals surface area contributed by atoms with Crippen molar-refractivity contribution in [3.05, 3.63) is 50.4 Å². The van der Waals surface area contributed by atoms with Crippen LogP contribution in [0, 0.1) is 0 Å². The molecule has 0 radical (unpaired) electrons. The summed E-state index contributed by atoms with van der Waals surface area (Å²) < 4.78 is 1.49. The molecule has 19 heavy (non-hydrogen) atoms. The maximum Gasteiger partial charge on any atom is 0.335 e. The van der Waals surface area contributed by atoms with E-state index >= 15 is 0 Å². The molecule has 96 valence electrons. The van der Waals surface area contributed by atoms with Crippen LogP contribution in [0.2, 0.25) is 10.2 Å². The fourth-order valence-electron chi connectivity index (χ4n) is 2.04. The van der Waals surface area contributed by atoms with Crippen molar-refractivity contribution in [2.45, 2.75) is 0 Å². The van der Waals surface area contributed by atoms with Gasteiger partial charge in [-0.15, -0.1) is 0 Å². The number of halogens is 2. The van der Waals surface area contributed by atoms with E-state index in [-0.39, 0.29) is 16.1 Å². The van der Waals surface area contributed by atoms with Gasteiger partial charge in [-0.05, 0) is 24.3 Å². The molecule has 0 aliphatic rings. The Bertz CT molecular complexity index is 895. The highest BCUT2D eigenvalue weighted by molar-refractivity contribution is 6.37. The van der Waals surface area contributed by atoms with Crippen LogP contribution in [0.25, 0.3) is 16.6 Å². The SMILES string of the molecule is O=C(O)c1ccc2c(c1)[nH]c(=O)c1c(Cl)cc(Cl)n12. The van der Waals surface area contributed by atoms with Gasteiger partial charge in [-0.2, -0.15) is 0 Å². The van der Waals surface area contributed by atoms with Gasteiger partial charge in [0.1, 0.15) is 10.7 Å². The number of fused-ring (bicyclic) bond motifs is 3. The van der Waals surface area contributed by atoms with Crippen LogP contribution in [0.3, 0.4) is 0 Å². The van der Waals surface area contributed by atoms with Gasteiger partial charge in [-0.25, -0.2) is 4.79 Å². The summed E-state index contributed by atoms with van der Waals surface area (Å²) in [5.74, 6) is -1.07. The first kappa shape index (κ1) is 12.1. The number of aromatic nitrogens is 2. The third kappa shape index (κ3) is 1.70. The van der Waals surface area contributed by atoms with E-state index in [0.717, 1.165) is 0 Å². The van der Waals surface area contributed by atoms with Crippen molar-refractivity contribution >= 4 is 45.7 Å². The number of rotatable bonds is 1. The first-order valence-electron chi connectivity index (χ1n) is 5.25. The molecule has 7 heteroatoms. The molecule has 2 aromatic heterocycles. The van der Waals surface area contributed by atoms with E-state index in [4.69, 9.17) is 28.3 Å². The molecule has 0 amide bonds. The van der Waals surface area contributed by atoms with Crippen LogP contribution in [-0.4, -0.2) is 20.5 Å². The van der Waals surface area contributed by atoms with Crippen molar-refractivity contribution < 1.29 is 9.90 Å². The molecule has 0 bridgehead atoms. The molecule has 0 spiro atoms. The zero-order valence-electron chi connectivity index (χ0n) is 9.28. The van der Waals surface area contributed by atoms with E-state index in [9.17, 15) is 9.59 Å². The minimum Gasteiger partial charge on any atom is -0.478 e. The summed E-state index contributed by atoms with van der Waals surface area (Å²) >= 11 is 12.0. The third-order valence-corrected chi connectivity index (χ3v) is 3.42. The number of aromatic amines is 1. The lowest BCUT2D eigenvalue weighted by atomic mass is 10.2. The summed E-state index contributed by atoms with van der Waals surface area (Å²) in [6.45, 7) is 0. The van der Waals surface area contributed by atoms with E-state index in [1.54, 1.807) is 6.07 Å². The Morgan fingerprint density at radius 3 is 2.68 bits per heavy atom. The highest BCUT2D eigenvalue weighted by Gasteiger charge is 2.14. The molecule has 0 saturated heterocycles. The predicted octanol–water partition coefficient (Wildman–Crippen LogP) is 2.79. The van der Waals surface area contributed by atoms with Gasteiger partial charge in [0.15, 0.2) is 0 Å². The summed E-state index contributed by atoms with van der Waals surface area (Å²) in [4.78, 5) is 25.5. The number of aromatic carboxylic acids is 1. The van der Waals surface area contributed by atoms with Crippen molar-refractivity contribution in [1.82, 2.24) is 9.38 Å². The second kappa shape index (κ2) is 4.01. The summed E-state index contributed by atoms with van der Waals surface area (Å²) in [6.07, 6.45) is 0. The predicted molar refractivity (Wildman–Crippen MR) is 72.5 cm³/mol. The molecular formula is C12H6Cl2N2O3. The van der Waals surface area contributed by atoms with Crippen LogP contribution in [0.5, 0.6) is 0 Å². The molecule has 5 nitrogen and oxygen atoms in total. The van der Waals surface area contributed by atoms with Crippen LogP contribution >= 0.6 is 23.2 Å². The minimum atomic E-state index is -1.07. The van der Waals surface area contributed by atoms with E-state index in [1.807, 2.05) is 0 Å². The molecule has 0 fully saturated rings. The van der Waals surface area contributed by atoms with Gasteiger partial charge in [-0.3, -0.25) is 9.20 Å². The van der Waals surface area contributed by atoms with Crippen LogP contribution in [0.4, 0.5) is 0 Å². The Morgan fingerprint density at radius 1 is 1.26 bits per heavy atom. The minimum absolute atomic E-state index is 0.0804. The van der Waals surface area contributed by atoms with Crippen LogP contribution in [0.1, 0.15) is 10.4 Å². The molecule has 0 unspecified atom stereocenters. The van der Waals surface area contributed by atoms with Gasteiger partial charge in [0.05, 0.1) is 21.6 Å². The topological polar surface area (TPSA) is 74.6 Å². The maximum absolute atomic E-state index is 11.9. The molecule has 0 aliphatic carbocycles. The molecule has 0 saturated carbocycles. The molecule has 0 atom stereocenters. The number of benzene rings is 1. The normalized spacial score (nSPS) is 11.3. The highest BCUT2D eigenvalue weighted by atomic mass is 35.5. The Hall–Kier alpha value is -1.98. The first-order valence-corrected chi connectivity index (χ1v) is 6.00. The van der Waals surface area contributed by atoms with Crippen LogP contribution in [-0.2, 0) is 0 Å². The van der Waals surface area contributed by atoms with Crippen molar-refractivity contribution in [1.29, 1.82) is 0 Å². The number of carbonyl (C=O) groups is 1. The average Bonchev–Trinajstić information content (AvgIpc) is 2.65. The van der Waals surface area contributed by atoms with Crippen molar-refractivity contribution in [2.75, 3.05) is 0 Å². The fraction of sp³-hybridized carbons (Fsp3) is 0. The second-order valence-corrected chi connectivity index (χ2v) is 4.78. The zero-order chi connectivity index (χ0) is 13.7. The quantitative estimate of drug-likeness (QED) is 0.725. The lowest BCUT2D eigenvalue weighted by Gasteiger charge is -2.05. The highest BCUT2D eigenvalue weighted by Crippen LogP contribution is 2.26. The van der Waals surface area contributed by atoms with Gasteiger partial charge in [0, 0.05) is 0 Å². The van der Waals surface area contributed by atoms with Crippen LogP contribution < -0.4 is 5.56 Å². The number of carboxylic acid groups (broad SMARTS) is 1. The Labute approximate surface area is 116 Å². The van der Waals surface area contributed by atoms with Crippen LogP contribution in [0.15, 0.2) is 29.1 Å². The summed E-state index contributed by atoms with van der Waals surface area (Å²) in [6, 6.07) is 5.86. The van der Waals surface area contributed by atoms with Gasteiger partial charge in [0.25, 0.3) is 5.56 Å². The molecular weight excluding hydrogens is 291 g/mol. The van der Waals surface area contributed by atoms with Gasteiger partial charge in [0.2, 0.25) is 0 Å². The lowest BCUT2D eigenvalue weighted by molar-refractivity contribution is 0.0697. The standard InChI is InChI=1S/C12H6Cl2N2O3/c13-6-4-9(14)16-8-2-1-5(12(18)19)3-7(8)15-11(17)10(6)16/h1-4H,(H,15,17)(H,18,19). The summed E-state index contributed by atoms with van der Waals surface area (Å²) in [5.41, 5.74) is 0.856. The Balaban J connectivity index is 2.55. The van der Waals surface area contributed by atoms with Gasteiger partial charge < -0.3 is 10.1 Å². The molecule has 2 heterocycles. The lowest BCUT2D eigenvalue weighted by Crippen LogP contribution is -2.11. The molecule has 3 rings (SSSR count). The summed E-state index contributed by atoms with van der Waals surface area (Å²) in [5, 5.41) is 9.48. The average molecular weight is 297 g/mol. The third-order valence-electron chi connectivity index (χ3n) is 2.86. The number of nitrogens with zero attached hydrogens (tertiary/aromatic N) is 1. The van der Waals surface area contributed by atoms with Crippen molar-refractivity contribution in [3.8, 4) is 0 Å². The van der Waals surface area contributed by atoms with E-state index in [2.05, 4.69) is 4.98 Å². The monoisotopic (exact) mass is 296 g/mol. The Morgan fingerprint density at radius 2 is 2.00 bits per heavy atom. The van der Waals surface area contributed by atoms with Crippen molar-refractivity contribution in [3.63, 3.8) is 0 Å². The van der Waals surface area contributed by atoms with E-state index < -0.39 is 11.5 Å². The fourth-order valence-corrected chi connectivity index (χ4v) is 2.66. The smallest absolute Gasteiger partial charge is 0.335 e. The molecule has 3 aromatic rings. The summed E-state index contributed by atoms with van der Waals surface area (Å²) in [7, 11) is 0.